The van der Waals surface area contributed by atoms with Crippen LogP contribution < -0.4 is 4.57 Å². The molecule has 0 radical (unpaired) electrons. The molecule has 3 heteroatoms. The van der Waals surface area contributed by atoms with E-state index in [9.17, 15) is 5.26 Å². The number of nitrogens with zero attached hydrogens (tertiary/aromatic N) is 2. The first-order valence-corrected chi connectivity index (χ1v) is 10.9. The number of hydrogen-bond donors (Lipinski definition) is 0. The normalized spacial score (nSPS) is 11.4. The van der Waals surface area contributed by atoms with E-state index < -0.39 is 0 Å². The molecular formula is C29H25N2O+. The van der Waals surface area contributed by atoms with E-state index in [0.717, 1.165) is 49.9 Å². The van der Waals surface area contributed by atoms with Crippen molar-refractivity contribution in [3.8, 4) is 28.5 Å². The SMILES string of the molecule is Cc1cc2c(cc1-c1cc(C(C)C)cc[n+]1C)oc1c(-c3ccccc3)ccc(C#N)c12. The number of fused-ring (bicyclic) bond motifs is 3. The summed E-state index contributed by atoms with van der Waals surface area (Å²) in [5.74, 6) is 0.455. The smallest absolute Gasteiger partial charge is 0.212 e. The van der Waals surface area contributed by atoms with Crippen molar-refractivity contribution in [2.24, 2.45) is 7.05 Å². The van der Waals surface area contributed by atoms with Crippen LogP contribution in [0.5, 0.6) is 0 Å². The van der Waals surface area contributed by atoms with Crippen molar-refractivity contribution >= 4 is 21.9 Å². The first kappa shape index (κ1) is 20.0. The monoisotopic (exact) mass is 417 g/mol. The van der Waals surface area contributed by atoms with E-state index in [1.165, 1.54) is 5.56 Å². The Bertz CT molecular complexity index is 1520. The molecule has 5 rings (SSSR count). The Morgan fingerprint density at radius 1 is 0.938 bits per heavy atom. The van der Waals surface area contributed by atoms with Crippen molar-refractivity contribution < 1.29 is 8.98 Å². The van der Waals surface area contributed by atoms with Crippen molar-refractivity contribution in [2.45, 2.75) is 26.7 Å². The molecule has 0 aliphatic rings. The zero-order chi connectivity index (χ0) is 22.4. The van der Waals surface area contributed by atoms with Crippen LogP contribution in [0.2, 0.25) is 0 Å². The Morgan fingerprint density at radius 2 is 1.72 bits per heavy atom. The molecule has 0 spiro atoms. The van der Waals surface area contributed by atoms with Crippen LogP contribution in [-0.2, 0) is 7.05 Å². The molecule has 0 atom stereocenters. The van der Waals surface area contributed by atoms with Crippen molar-refractivity contribution in [1.29, 1.82) is 5.26 Å². The summed E-state index contributed by atoms with van der Waals surface area (Å²) < 4.78 is 8.61. The molecule has 0 amide bonds. The van der Waals surface area contributed by atoms with Crippen LogP contribution in [0.4, 0.5) is 0 Å². The first-order chi connectivity index (χ1) is 15.5. The molecule has 32 heavy (non-hydrogen) atoms. The van der Waals surface area contributed by atoms with E-state index in [1.54, 1.807) is 0 Å². The van der Waals surface area contributed by atoms with Gasteiger partial charge in [-0.3, -0.25) is 0 Å². The lowest BCUT2D eigenvalue weighted by Crippen LogP contribution is -2.30. The molecule has 156 valence electrons. The van der Waals surface area contributed by atoms with Gasteiger partial charge in [0.05, 0.1) is 17.2 Å². The summed E-state index contributed by atoms with van der Waals surface area (Å²) in [6.45, 7) is 6.55. The van der Waals surface area contributed by atoms with Gasteiger partial charge in [0, 0.05) is 28.5 Å². The van der Waals surface area contributed by atoms with E-state index in [1.807, 2.05) is 30.3 Å². The Balaban J connectivity index is 1.82. The third-order valence-corrected chi connectivity index (χ3v) is 6.29. The predicted octanol–water partition coefficient (Wildman–Crippen LogP) is 7.05. The highest BCUT2D eigenvalue weighted by Crippen LogP contribution is 2.40. The van der Waals surface area contributed by atoms with Crippen molar-refractivity contribution in [1.82, 2.24) is 0 Å². The van der Waals surface area contributed by atoms with Gasteiger partial charge in [-0.15, -0.1) is 0 Å². The second-order valence-corrected chi connectivity index (χ2v) is 8.72. The second kappa shape index (κ2) is 7.66. The highest BCUT2D eigenvalue weighted by Gasteiger charge is 2.21. The number of benzene rings is 3. The highest BCUT2D eigenvalue weighted by atomic mass is 16.3. The molecule has 0 unspecified atom stereocenters. The molecule has 5 aromatic rings. The van der Waals surface area contributed by atoms with Crippen molar-refractivity contribution in [3.63, 3.8) is 0 Å². The third-order valence-electron chi connectivity index (χ3n) is 6.29. The van der Waals surface area contributed by atoms with Gasteiger partial charge in [0.25, 0.3) is 0 Å². The first-order valence-electron chi connectivity index (χ1n) is 10.9. The largest absolute Gasteiger partial charge is 0.455 e. The molecule has 0 bridgehead atoms. The molecule has 0 saturated carbocycles. The average Bonchev–Trinajstić information content (AvgIpc) is 3.17. The van der Waals surface area contributed by atoms with Gasteiger partial charge in [-0.05, 0) is 53.8 Å². The van der Waals surface area contributed by atoms with Crippen LogP contribution in [-0.4, -0.2) is 0 Å². The lowest BCUT2D eigenvalue weighted by molar-refractivity contribution is -0.660. The van der Waals surface area contributed by atoms with Crippen LogP contribution in [0, 0.1) is 18.3 Å². The van der Waals surface area contributed by atoms with Gasteiger partial charge in [0.1, 0.15) is 18.2 Å². The predicted molar refractivity (Wildman–Crippen MR) is 129 cm³/mol. The molecule has 0 aliphatic heterocycles. The van der Waals surface area contributed by atoms with Gasteiger partial charge in [-0.25, -0.2) is 4.57 Å². The van der Waals surface area contributed by atoms with Gasteiger partial charge in [0.2, 0.25) is 5.69 Å². The molecule has 3 nitrogen and oxygen atoms in total. The fourth-order valence-corrected chi connectivity index (χ4v) is 4.46. The van der Waals surface area contributed by atoms with Gasteiger partial charge in [-0.2, -0.15) is 5.26 Å². The molecule has 3 aromatic carbocycles. The summed E-state index contributed by atoms with van der Waals surface area (Å²) in [6.07, 6.45) is 2.12. The molecule has 0 saturated heterocycles. The van der Waals surface area contributed by atoms with Crippen LogP contribution in [0.1, 0.15) is 36.5 Å². The Labute approximate surface area is 188 Å². The minimum absolute atomic E-state index is 0.455. The molecule has 0 fully saturated rings. The summed E-state index contributed by atoms with van der Waals surface area (Å²) in [5.41, 5.74) is 9.04. The Morgan fingerprint density at radius 3 is 2.44 bits per heavy atom. The summed E-state index contributed by atoms with van der Waals surface area (Å²) >= 11 is 0. The number of aromatic nitrogens is 1. The molecule has 2 aromatic heterocycles. The molecular weight excluding hydrogens is 392 g/mol. The minimum Gasteiger partial charge on any atom is -0.455 e. The van der Waals surface area contributed by atoms with Crippen LogP contribution >= 0.6 is 0 Å². The highest BCUT2D eigenvalue weighted by molar-refractivity contribution is 6.13. The maximum atomic E-state index is 9.80. The zero-order valence-corrected chi connectivity index (χ0v) is 18.8. The Kier molecular flexibility index (Phi) is 4.79. The van der Waals surface area contributed by atoms with Gasteiger partial charge in [-0.1, -0.05) is 44.2 Å². The topological polar surface area (TPSA) is 40.8 Å². The average molecular weight is 418 g/mol. The minimum atomic E-state index is 0.455. The quantitative estimate of drug-likeness (QED) is 0.295. The third kappa shape index (κ3) is 3.16. The fourth-order valence-electron chi connectivity index (χ4n) is 4.46. The maximum absolute atomic E-state index is 9.80. The number of rotatable bonds is 3. The number of hydrogen-bond acceptors (Lipinski definition) is 2. The van der Waals surface area contributed by atoms with Crippen molar-refractivity contribution in [3.05, 3.63) is 89.6 Å². The second-order valence-electron chi connectivity index (χ2n) is 8.72. The fraction of sp³-hybridized carbons (Fsp3) is 0.172. The van der Waals surface area contributed by atoms with Crippen LogP contribution in [0.25, 0.3) is 44.3 Å². The Hall–Kier alpha value is -3.90. The van der Waals surface area contributed by atoms with E-state index >= 15 is 0 Å². The lowest BCUT2D eigenvalue weighted by Gasteiger charge is -2.09. The standard InChI is InChI=1S/C29H25N2O/c1-18(2)21-12-13-31(4)26(15-21)24-16-27-25(14-19(24)3)28-22(17-30)10-11-23(29(28)32-27)20-8-6-5-7-9-20/h5-16,18H,1-4H3/q+1. The van der Waals surface area contributed by atoms with E-state index in [-0.39, 0.29) is 0 Å². The van der Waals surface area contributed by atoms with Gasteiger partial charge >= 0.3 is 0 Å². The molecule has 0 aliphatic carbocycles. The van der Waals surface area contributed by atoms with E-state index in [0.29, 0.717) is 11.5 Å². The number of pyridine rings is 1. The number of furan rings is 1. The number of aryl methyl sites for hydroxylation is 2. The van der Waals surface area contributed by atoms with Crippen LogP contribution in [0.15, 0.2) is 77.3 Å². The van der Waals surface area contributed by atoms with E-state index in [2.05, 4.69) is 81.1 Å². The van der Waals surface area contributed by atoms with E-state index in [4.69, 9.17) is 4.42 Å². The zero-order valence-electron chi connectivity index (χ0n) is 18.8. The summed E-state index contributed by atoms with van der Waals surface area (Å²) in [7, 11) is 2.07. The van der Waals surface area contributed by atoms with Crippen molar-refractivity contribution in [2.75, 3.05) is 0 Å². The summed E-state index contributed by atoms with van der Waals surface area (Å²) in [6, 6.07) is 25.1. The lowest BCUT2D eigenvalue weighted by atomic mass is 9.95. The molecule has 2 heterocycles. The molecule has 0 N–H and O–H groups in total. The summed E-state index contributed by atoms with van der Waals surface area (Å²) in [4.78, 5) is 0. The number of nitriles is 1. The van der Waals surface area contributed by atoms with Gasteiger partial charge in [0.15, 0.2) is 6.20 Å². The summed E-state index contributed by atoms with van der Waals surface area (Å²) in [5, 5.41) is 11.7. The van der Waals surface area contributed by atoms with Gasteiger partial charge < -0.3 is 4.42 Å². The van der Waals surface area contributed by atoms with Crippen LogP contribution in [0.3, 0.4) is 0 Å². The maximum Gasteiger partial charge on any atom is 0.212 e.